The number of nitrogens with zero attached hydrogens (tertiary/aromatic N) is 1. The molecule has 0 aliphatic heterocycles. The minimum absolute atomic E-state index is 0.430. The molecule has 0 bridgehead atoms. The standard InChI is InChI=1S/C8H9NO2/c10-5-8-6-3-1-2-4-7(6)9-11-8/h5H,1-4H2. The molecule has 3 nitrogen and oxygen atoms in total. The zero-order valence-corrected chi connectivity index (χ0v) is 6.17. The molecule has 0 aromatic carbocycles. The van der Waals surface area contributed by atoms with Gasteiger partial charge in [0.2, 0.25) is 5.76 Å². The smallest absolute Gasteiger partial charge is 0.202 e. The summed E-state index contributed by atoms with van der Waals surface area (Å²) in [7, 11) is 0. The van der Waals surface area contributed by atoms with E-state index >= 15 is 0 Å². The number of hydrogen-bond acceptors (Lipinski definition) is 3. The number of fused-ring (bicyclic) bond motifs is 1. The van der Waals surface area contributed by atoms with E-state index in [1.165, 1.54) is 0 Å². The van der Waals surface area contributed by atoms with Gasteiger partial charge in [-0.2, -0.15) is 0 Å². The SMILES string of the molecule is O=Cc1onc2c1CCCC2. The molecule has 0 unspecified atom stereocenters. The molecule has 0 fully saturated rings. The second kappa shape index (κ2) is 2.49. The van der Waals surface area contributed by atoms with E-state index in [1.54, 1.807) is 0 Å². The lowest BCUT2D eigenvalue weighted by molar-refractivity contribution is 0.109. The summed E-state index contributed by atoms with van der Waals surface area (Å²) in [6, 6.07) is 0. The van der Waals surface area contributed by atoms with Crippen LogP contribution in [0.2, 0.25) is 0 Å². The van der Waals surface area contributed by atoms with Crippen LogP contribution in [0.5, 0.6) is 0 Å². The summed E-state index contributed by atoms with van der Waals surface area (Å²) in [5, 5.41) is 3.82. The van der Waals surface area contributed by atoms with Gasteiger partial charge >= 0.3 is 0 Å². The summed E-state index contributed by atoms with van der Waals surface area (Å²) < 4.78 is 4.85. The lowest BCUT2D eigenvalue weighted by Crippen LogP contribution is -2.01. The summed E-state index contributed by atoms with van der Waals surface area (Å²) in [6.07, 6.45) is 4.98. The number of aromatic nitrogens is 1. The quantitative estimate of drug-likeness (QED) is 0.569. The molecule has 1 aromatic heterocycles. The van der Waals surface area contributed by atoms with E-state index in [2.05, 4.69) is 5.16 Å². The highest BCUT2D eigenvalue weighted by Gasteiger charge is 2.17. The molecule has 2 rings (SSSR count). The van der Waals surface area contributed by atoms with Gasteiger partial charge in [0, 0.05) is 5.56 Å². The maximum atomic E-state index is 10.4. The highest BCUT2D eigenvalue weighted by molar-refractivity contribution is 5.73. The molecule has 0 N–H and O–H groups in total. The van der Waals surface area contributed by atoms with Gasteiger partial charge in [0.15, 0.2) is 6.29 Å². The summed E-state index contributed by atoms with van der Waals surface area (Å²) in [5.41, 5.74) is 2.02. The van der Waals surface area contributed by atoms with Crippen LogP contribution in [-0.2, 0) is 12.8 Å². The van der Waals surface area contributed by atoms with Gasteiger partial charge < -0.3 is 4.52 Å². The molecule has 0 atom stereocenters. The summed E-state index contributed by atoms with van der Waals surface area (Å²) in [6.45, 7) is 0. The zero-order valence-electron chi connectivity index (χ0n) is 6.17. The Balaban J connectivity index is 2.45. The number of carbonyl (C=O) groups excluding carboxylic acids is 1. The zero-order chi connectivity index (χ0) is 7.68. The van der Waals surface area contributed by atoms with Crippen molar-refractivity contribution in [2.75, 3.05) is 0 Å². The van der Waals surface area contributed by atoms with Crippen molar-refractivity contribution in [2.45, 2.75) is 25.7 Å². The first-order chi connectivity index (χ1) is 5.42. The fraction of sp³-hybridized carbons (Fsp3) is 0.500. The van der Waals surface area contributed by atoms with Crippen molar-refractivity contribution in [3.8, 4) is 0 Å². The maximum absolute atomic E-state index is 10.4. The first kappa shape index (κ1) is 6.58. The third-order valence-corrected chi connectivity index (χ3v) is 2.10. The van der Waals surface area contributed by atoms with E-state index in [1.807, 2.05) is 0 Å². The van der Waals surface area contributed by atoms with Crippen LogP contribution in [0.1, 0.15) is 34.7 Å². The number of aldehydes is 1. The number of hydrogen-bond donors (Lipinski definition) is 0. The van der Waals surface area contributed by atoms with Crippen molar-refractivity contribution in [3.63, 3.8) is 0 Å². The molecular weight excluding hydrogens is 142 g/mol. The molecule has 1 aliphatic rings. The Kier molecular flexibility index (Phi) is 1.49. The van der Waals surface area contributed by atoms with E-state index < -0.39 is 0 Å². The number of aryl methyl sites for hydroxylation is 1. The fourth-order valence-electron chi connectivity index (χ4n) is 1.51. The fourth-order valence-corrected chi connectivity index (χ4v) is 1.51. The van der Waals surface area contributed by atoms with Gasteiger partial charge in [-0.25, -0.2) is 0 Å². The first-order valence-corrected chi connectivity index (χ1v) is 3.84. The topological polar surface area (TPSA) is 43.1 Å². The lowest BCUT2D eigenvalue weighted by atomic mass is 9.96. The van der Waals surface area contributed by atoms with Gasteiger partial charge in [-0.1, -0.05) is 5.16 Å². The molecule has 0 saturated heterocycles. The molecule has 0 radical (unpaired) electrons. The Morgan fingerprint density at radius 1 is 1.36 bits per heavy atom. The molecule has 11 heavy (non-hydrogen) atoms. The Hall–Kier alpha value is -1.12. The summed E-state index contributed by atoms with van der Waals surface area (Å²) in [5.74, 6) is 0.430. The Bertz CT molecular complexity index is 278. The van der Waals surface area contributed by atoms with Gasteiger partial charge in [-0.3, -0.25) is 4.79 Å². The Morgan fingerprint density at radius 3 is 3.00 bits per heavy atom. The van der Waals surface area contributed by atoms with E-state index in [-0.39, 0.29) is 0 Å². The van der Waals surface area contributed by atoms with E-state index in [4.69, 9.17) is 4.52 Å². The second-order valence-corrected chi connectivity index (χ2v) is 2.80. The van der Waals surface area contributed by atoms with Crippen molar-refractivity contribution in [1.82, 2.24) is 5.16 Å². The van der Waals surface area contributed by atoms with Crippen LogP contribution >= 0.6 is 0 Å². The number of carbonyl (C=O) groups is 1. The van der Waals surface area contributed by atoms with Crippen LogP contribution in [0.15, 0.2) is 4.52 Å². The molecule has 3 heteroatoms. The highest BCUT2D eigenvalue weighted by atomic mass is 16.5. The normalized spacial score (nSPS) is 16.0. The Morgan fingerprint density at radius 2 is 2.18 bits per heavy atom. The molecule has 1 aromatic rings. The lowest BCUT2D eigenvalue weighted by Gasteiger charge is -2.06. The molecule has 1 aliphatic carbocycles. The first-order valence-electron chi connectivity index (χ1n) is 3.84. The summed E-state index contributed by atoms with van der Waals surface area (Å²) >= 11 is 0. The molecule has 0 saturated carbocycles. The average molecular weight is 151 g/mol. The van der Waals surface area contributed by atoms with Gasteiger partial charge in [-0.15, -0.1) is 0 Å². The largest absolute Gasteiger partial charge is 0.353 e. The molecule has 58 valence electrons. The maximum Gasteiger partial charge on any atom is 0.202 e. The van der Waals surface area contributed by atoms with Crippen molar-refractivity contribution in [2.24, 2.45) is 0 Å². The monoisotopic (exact) mass is 151 g/mol. The van der Waals surface area contributed by atoms with E-state index in [9.17, 15) is 4.79 Å². The predicted octanol–water partition coefficient (Wildman–Crippen LogP) is 1.37. The van der Waals surface area contributed by atoms with Crippen LogP contribution < -0.4 is 0 Å². The average Bonchev–Trinajstić information content (AvgIpc) is 2.47. The van der Waals surface area contributed by atoms with Crippen molar-refractivity contribution in [3.05, 3.63) is 17.0 Å². The molecular formula is C8H9NO2. The van der Waals surface area contributed by atoms with Crippen molar-refractivity contribution >= 4 is 6.29 Å². The van der Waals surface area contributed by atoms with Crippen molar-refractivity contribution in [1.29, 1.82) is 0 Å². The van der Waals surface area contributed by atoms with Gasteiger partial charge in [-0.05, 0) is 25.7 Å². The summed E-state index contributed by atoms with van der Waals surface area (Å²) in [4.78, 5) is 10.4. The molecule has 0 amide bonds. The van der Waals surface area contributed by atoms with Gasteiger partial charge in [0.05, 0.1) is 5.69 Å². The van der Waals surface area contributed by atoms with E-state index in [0.29, 0.717) is 5.76 Å². The van der Waals surface area contributed by atoms with Crippen LogP contribution in [0, 0.1) is 0 Å². The molecule has 0 spiro atoms. The Labute approximate surface area is 64.4 Å². The highest BCUT2D eigenvalue weighted by Crippen LogP contribution is 2.22. The molecule has 1 heterocycles. The van der Waals surface area contributed by atoms with Gasteiger partial charge in [0.1, 0.15) is 0 Å². The van der Waals surface area contributed by atoms with Crippen LogP contribution in [0.3, 0.4) is 0 Å². The third-order valence-electron chi connectivity index (χ3n) is 2.10. The van der Waals surface area contributed by atoms with Crippen molar-refractivity contribution < 1.29 is 9.32 Å². The van der Waals surface area contributed by atoms with Crippen LogP contribution in [0.4, 0.5) is 0 Å². The predicted molar refractivity (Wildman–Crippen MR) is 38.5 cm³/mol. The van der Waals surface area contributed by atoms with Crippen LogP contribution in [0.25, 0.3) is 0 Å². The number of rotatable bonds is 1. The third kappa shape index (κ3) is 0.964. The van der Waals surface area contributed by atoms with Crippen LogP contribution in [-0.4, -0.2) is 11.4 Å². The minimum atomic E-state index is 0.430. The van der Waals surface area contributed by atoms with Gasteiger partial charge in [0.25, 0.3) is 0 Å². The van der Waals surface area contributed by atoms with E-state index in [0.717, 1.165) is 43.2 Å². The minimum Gasteiger partial charge on any atom is -0.353 e. The second-order valence-electron chi connectivity index (χ2n) is 2.80.